The quantitative estimate of drug-likeness (QED) is 0.205. The minimum Gasteiger partial charge on any atom is -1.00 e. The first-order chi connectivity index (χ1) is 15.3. The summed E-state index contributed by atoms with van der Waals surface area (Å²) in [5, 5.41) is 26.3. The third kappa shape index (κ3) is 6.54. The van der Waals surface area contributed by atoms with E-state index in [1.807, 2.05) is 6.07 Å². The molecule has 0 spiro atoms. The van der Waals surface area contributed by atoms with E-state index in [-0.39, 0.29) is 64.3 Å². The standard InChI is InChI=1S/C22H17Cl2N3O3S2.K.H/c1-3-12(9-25)19(28)17-6-7-18(32-17)22(30)27-26-11(2)14-10-31-21(20(14)29)13-4-5-15(23)16(24)8-13;;/h4-8,10,12,29H,3H2,1-2H3,(H,27,30);;/q;+1;-1. The number of carbonyl (C=O) groups is 2. The Morgan fingerprint density at radius 3 is 2.58 bits per heavy atom. The molecule has 2 heterocycles. The summed E-state index contributed by atoms with van der Waals surface area (Å²) in [7, 11) is 0. The first kappa shape index (κ1) is 28.2. The van der Waals surface area contributed by atoms with Crippen LogP contribution in [0, 0.1) is 17.2 Å². The molecule has 33 heavy (non-hydrogen) atoms. The predicted octanol–water partition coefficient (Wildman–Crippen LogP) is 3.49. The molecule has 0 aliphatic rings. The average Bonchev–Trinajstić information content (AvgIpc) is 3.42. The molecule has 0 aliphatic heterocycles. The first-order valence-corrected chi connectivity index (χ1v) is 11.9. The number of aromatic hydroxyl groups is 1. The van der Waals surface area contributed by atoms with Crippen LogP contribution in [0.15, 0.2) is 40.8 Å². The molecule has 1 atom stereocenters. The normalized spacial score (nSPS) is 11.9. The van der Waals surface area contributed by atoms with Crippen LogP contribution in [0.2, 0.25) is 10.0 Å². The largest absolute Gasteiger partial charge is 1.00 e. The van der Waals surface area contributed by atoms with Crippen LogP contribution in [0.4, 0.5) is 0 Å². The van der Waals surface area contributed by atoms with Crippen LogP contribution in [0.5, 0.6) is 5.75 Å². The summed E-state index contributed by atoms with van der Waals surface area (Å²) in [4.78, 5) is 26.0. The molecule has 2 aromatic heterocycles. The molecule has 0 aliphatic carbocycles. The second-order valence-electron chi connectivity index (χ2n) is 6.71. The molecule has 1 amide bonds. The number of nitriles is 1. The van der Waals surface area contributed by atoms with Crippen molar-refractivity contribution in [1.82, 2.24) is 5.43 Å². The molecule has 1 aromatic carbocycles. The molecule has 0 saturated carbocycles. The molecule has 166 valence electrons. The summed E-state index contributed by atoms with van der Waals surface area (Å²) in [5.74, 6) is -1.49. The Labute approximate surface area is 253 Å². The molecule has 0 fully saturated rings. The van der Waals surface area contributed by atoms with E-state index in [9.17, 15) is 14.7 Å². The van der Waals surface area contributed by atoms with Gasteiger partial charge in [0.25, 0.3) is 5.91 Å². The van der Waals surface area contributed by atoms with Gasteiger partial charge < -0.3 is 6.53 Å². The second kappa shape index (κ2) is 12.6. The average molecular weight is 547 g/mol. The minimum absolute atomic E-state index is 0. The summed E-state index contributed by atoms with van der Waals surface area (Å²) in [5.41, 5.74) is 4.02. The van der Waals surface area contributed by atoms with Gasteiger partial charge in [0.2, 0.25) is 0 Å². The Hall–Kier alpha value is -1.06. The maximum Gasteiger partial charge on any atom is 1.00 e. The summed E-state index contributed by atoms with van der Waals surface area (Å²) in [6.07, 6.45) is 0.409. The molecule has 0 radical (unpaired) electrons. The van der Waals surface area contributed by atoms with Crippen molar-refractivity contribution >= 4 is 63.3 Å². The number of hydrogen-bond donors (Lipinski definition) is 2. The smallest absolute Gasteiger partial charge is 1.00 e. The van der Waals surface area contributed by atoms with Crippen molar-refractivity contribution in [3.05, 3.63) is 61.1 Å². The maximum atomic E-state index is 12.4. The van der Waals surface area contributed by atoms with E-state index in [0.717, 1.165) is 11.3 Å². The fourth-order valence-corrected chi connectivity index (χ4v) is 4.99. The van der Waals surface area contributed by atoms with Crippen molar-refractivity contribution in [3.63, 3.8) is 0 Å². The van der Waals surface area contributed by atoms with E-state index in [0.29, 0.717) is 47.9 Å². The number of rotatable bonds is 7. The molecule has 6 nitrogen and oxygen atoms in total. The number of ketones is 1. The molecule has 2 N–H and O–H groups in total. The van der Waals surface area contributed by atoms with Crippen molar-refractivity contribution in [2.24, 2.45) is 11.0 Å². The molecule has 0 bridgehead atoms. The molecule has 11 heteroatoms. The van der Waals surface area contributed by atoms with Crippen molar-refractivity contribution in [2.75, 3.05) is 0 Å². The van der Waals surface area contributed by atoms with Crippen LogP contribution >= 0.6 is 45.9 Å². The van der Waals surface area contributed by atoms with Crippen molar-refractivity contribution < 1.29 is 67.5 Å². The van der Waals surface area contributed by atoms with Crippen LogP contribution in [0.1, 0.15) is 46.6 Å². The zero-order valence-corrected chi connectivity index (χ0v) is 24.2. The molecule has 1 unspecified atom stereocenters. The number of benzene rings is 1. The number of hydrazone groups is 1. The Morgan fingerprint density at radius 2 is 1.94 bits per heavy atom. The molecule has 0 saturated heterocycles. The van der Waals surface area contributed by atoms with Gasteiger partial charge in [-0.2, -0.15) is 10.4 Å². The van der Waals surface area contributed by atoms with E-state index < -0.39 is 11.8 Å². The topological polar surface area (TPSA) is 103 Å². The van der Waals surface area contributed by atoms with E-state index in [1.54, 1.807) is 37.4 Å². The third-order valence-corrected chi connectivity index (χ3v) is 7.47. The van der Waals surface area contributed by atoms with Crippen LogP contribution < -0.4 is 56.8 Å². The predicted molar refractivity (Wildman–Crippen MR) is 130 cm³/mol. The fraction of sp³-hybridized carbons (Fsp3) is 0.182. The summed E-state index contributed by atoms with van der Waals surface area (Å²) in [6.45, 7) is 3.42. The Balaban J connectivity index is 0.00000289. The Bertz CT molecular complexity index is 1270. The van der Waals surface area contributed by atoms with Crippen LogP contribution in [-0.4, -0.2) is 22.5 Å². The van der Waals surface area contributed by atoms with E-state index in [4.69, 9.17) is 28.5 Å². The Morgan fingerprint density at radius 1 is 1.24 bits per heavy atom. The van der Waals surface area contributed by atoms with Gasteiger partial charge in [0, 0.05) is 5.38 Å². The van der Waals surface area contributed by atoms with Crippen LogP contribution in [-0.2, 0) is 0 Å². The maximum absolute atomic E-state index is 12.4. The van der Waals surface area contributed by atoms with Gasteiger partial charge in [-0.25, -0.2) is 5.43 Å². The number of nitrogens with zero attached hydrogens (tertiary/aromatic N) is 2. The second-order valence-corrected chi connectivity index (χ2v) is 9.49. The van der Waals surface area contributed by atoms with Gasteiger partial charge >= 0.3 is 51.4 Å². The van der Waals surface area contributed by atoms with Gasteiger partial charge in [-0.1, -0.05) is 36.2 Å². The molecule has 3 aromatic rings. The summed E-state index contributed by atoms with van der Waals surface area (Å²) < 4.78 is 0. The summed E-state index contributed by atoms with van der Waals surface area (Å²) in [6, 6.07) is 10.1. The summed E-state index contributed by atoms with van der Waals surface area (Å²) >= 11 is 14.3. The fourth-order valence-electron chi connectivity index (χ4n) is 2.80. The van der Waals surface area contributed by atoms with Crippen molar-refractivity contribution in [3.8, 4) is 22.3 Å². The van der Waals surface area contributed by atoms with Gasteiger partial charge in [0.05, 0.1) is 42.0 Å². The number of Topliss-reactive ketones (excluding diaryl/α,β-unsaturated/α-hetero) is 1. The van der Waals surface area contributed by atoms with E-state index in [1.165, 1.54) is 23.5 Å². The zero-order valence-electron chi connectivity index (χ0n) is 19.0. The first-order valence-electron chi connectivity index (χ1n) is 9.41. The van der Waals surface area contributed by atoms with Gasteiger partial charge in [0.1, 0.15) is 11.7 Å². The zero-order chi connectivity index (χ0) is 23.4. The third-order valence-electron chi connectivity index (χ3n) is 4.61. The van der Waals surface area contributed by atoms with Crippen molar-refractivity contribution in [2.45, 2.75) is 20.3 Å². The number of nitrogens with one attached hydrogen (secondary N) is 1. The van der Waals surface area contributed by atoms with Crippen molar-refractivity contribution in [1.29, 1.82) is 5.26 Å². The van der Waals surface area contributed by atoms with Crippen LogP contribution in [0.3, 0.4) is 0 Å². The molecule has 3 rings (SSSR count). The minimum atomic E-state index is -0.726. The monoisotopic (exact) mass is 545 g/mol. The number of carbonyl (C=O) groups excluding carboxylic acids is 2. The van der Waals surface area contributed by atoms with Gasteiger partial charge in [0.15, 0.2) is 5.78 Å². The van der Waals surface area contributed by atoms with Gasteiger partial charge in [-0.05, 0) is 43.2 Å². The number of thiophene rings is 2. The number of halogens is 2. The number of hydrogen-bond acceptors (Lipinski definition) is 7. The van der Waals surface area contributed by atoms with Crippen LogP contribution in [0.25, 0.3) is 10.4 Å². The molecular formula is C22H18Cl2KN3O3S2. The van der Waals surface area contributed by atoms with E-state index >= 15 is 0 Å². The van der Waals surface area contributed by atoms with Gasteiger partial charge in [-0.15, -0.1) is 22.7 Å². The van der Waals surface area contributed by atoms with E-state index in [2.05, 4.69) is 10.5 Å². The van der Waals surface area contributed by atoms with Gasteiger partial charge in [-0.3, -0.25) is 9.59 Å². The Kier molecular flexibility index (Phi) is 10.7. The molecular weight excluding hydrogens is 528 g/mol. The SMILES string of the molecule is CCC(C#N)C(=O)c1ccc(C(=O)NN=C(C)c2csc(-c3ccc(Cl)c(Cl)c3)c2O)s1.[H-].[K+]. The number of amides is 1.